The van der Waals surface area contributed by atoms with Gasteiger partial charge in [-0.1, -0.05) is 49.2 Å². The first-order chi connectivity index (χ1) is 19.3. The lowest BCUT2D eigenvalue weighted by Crippen LogP contribution is -2.62. The minimum atomic E-state index is -1.78. The van der Waals surface area contributed by atoms with Gasteiger partial charge in [0.15, 0.2) is 6.10 Å². The molecule has 2 bridgehead atoms. The zero-order valence-corrected chi connectivity index (χ0v) is 22.1. The molecule has 40 heavy (non-hydrogen) atoms. The molecule has 0 spiro atoms. The SMILES string of the molecule is O=C(O)C1OC(Oc2ccc3c(c2)C24CCCCC2C(C3)N(C(=O)OCc2ccccc2)CC4)C(O)C(O)C1O. The van der Waals surface area contributed by atoms with Gasteiger partial charge in [-0.25, -0.2) is 9.59 Å². The van der Waals surface area contributed by atoms with Crippen molar-refractivity contribution in [3.63, 3.8) is 0 Å². The summed E-state index contributed by atoms with van der Waals surface area (Å²) in [5, 5.41) is 40.0. The van der Waals surface area contributed by atoms with Gasteiger partial charge < -0.3 is 39.5 Å². The van der Waals surface area contributed by atoms with E-state index in [2.05, 4.69) is 0 Å². The molecule has 2 aliphatic carbocycles. The van der Waals surface area contributed by atoms with E-state index in [0.29, 0.717) is 18.7 Å². The van der Waals surface area contributed by atoms with Crippen molar-refractivity contribution in [3.05, 3.63) is 65.2 Å². The molecule has 0 aromatic heterocycles. The first kappa shape index (κ1) is 27.0. The maximum absolute atomic E-state index is 13.3. The number of aliphatic hydroxyl groups is 3. The third-order valence-corrected chi connectivity index (χ3v) is 9.31. The molecular weight excluding hydrogens is 518 g/mol. The molecule has 10 heteroatoms. The van der Waals surface area contributed by atoms with Gasteiger partial charge in [-0.2, -0.15) is 0 Å². The summed E-state index contributed by atoms with van der Waals surface area (Å²) in [7, 11) is 0. The van der Waals surface area contributed by atoms with Gasteiger partial charge in [0.2, 0.25) is 6.29 Å². The number of amides is 1. The van der Waals surface area contributed by atoms with E-state index in [0.717, 1.165) is 48.8 Å². The summed E-state index contributed by atoms with van der Waals surface area (Å²) in [6.45, 7) is 0.827. The van der Waals surface area contributed by atoms with Crippen LogP contribution in [0.25, 0.3) is 0 Å². The van der Waals surface area contributed by atoms with Crippen LogP contribution in [0.1, 0.15) is 48.8 Å². The van der Waals surface area contributed by atoms with Gasteiger partial charge in [0.25, 0.3) is 0 Å². The fraction of sp³-hybridized carbons (Fsp3) is 0.533. The first-order valence-corrected chi connectivity index (χ1v) is 14.0. The van der Waals surface area contributed by atoms with E-state index in [1.807, 2.05) is 47.4 Å². The van der Waals surface area contributed by atoms with E-state index in [4.69, 9.17) is 14.2 Å². The van der Waals surface area contributed by atoms with Crippen LogP contribution in [0.4, 0.5) is 4.79 Å². The molecule has 2 saturated heterocycles. The normalized spacial score (nSPS) is 34.8. The monoisotopic (exact) mass is 553 g/mol. The van der Waals surface area contributed by atoms with Crippen LogP contribution in [0, 0.1) is 5.92 Å². The predicted octanol–water partition coefficient (Wildman–Crippen LogP) is 2.35. The minimum absolute atomic E-state index is 0.0352. The van der Waals surface area contributed by atoms with E-state index in [-0.39, 0.29) is 30.1 Å². The molecule has 6 rings (SSSR count). The topological polar surface area (TPSA) is 146 Å². The highest BCUT2D eigenvalue weighted by Gasteiger charge is 2.55. The largest absolute Gasteiger partial charge is 0.479 e. The Morgan fingerprint density at radius 2 is 1.80 bits per heavy atom. The highest BCUT2D eigenvalue weighted by Crippen LogP contribution is 2.56. The van der Waals surface area contributed by atoms with Gasteiger partial charge in [-0.3, -0.25) is 0 Å². The highest BCUT2D eigenvalue weighted by atomic mass is 16.7. The van der Waals surface area contributed by atoms with Gasteiger partial charge >= 0.3 is 12.1 Å². The smallest absolute Gasteiger partial charge is 0.410 e. The molecule has 2 aromatic rings. The summed E-state index contributed by atoms with van der Waals surface area (Å²) in [5.41, 5.74) is 3.10. The Morgan fingerprint density at radius 3 is 2.58 bits per heavy atom. The van der Waals surface area contributed by atoms with Crippen molar-refractivity contribution >= 4 is 12.1 Å². The molecule has 214 valence electrons. The number of carbonyl (C=O) groups excluding carboxylic acids is 1. The van der Waals surface area contributed by atoms with Crippen molar-refractivity contribution in [2.75, 3.05) is 6.54 Å². The van der Waals surface area contributed by atoms with Crippen LogP contribution in [-0.2, 0) is 32.7 Å². The Labute approximate surface area is 232 Å². The number of hydrogen-bond donors (Lipinski definition) is 4. The van der Waals surface area contributed by atoms with Crippen LogP contribution in [0.2, 0.25) is 0 Å². The van der Waals surface area contributed by atoms with Crippen LogP contribution in [0.5, 0.6) is 5.75 Å². The molecule has 2 aromatic carbocycles. The van der Waals surface area contributed by atoms with E-state index in [1.54, 1.807) is 6.07 Å². The van der Waals surface area contributed by atoms with Crippen molar-refractivity contribution in [2.24, 2.45) is 5.92 Å². The van der Waals surface area contributed by atoms with Crippen molar-refractivity contribution in [1.82, 2.24) is 4.90 Å². The molecule has 0 radical (unpaired) electrons. The zero-order valence-electron chi connectivity index (χ0n) is 22.1. The molecule has 2 aliphatic heterocycles. The molecule has 4 N–H and O–H groups in total. The quantitative estimate of drug-likeness (QED) is 0.438. The molecule has 2 heterocycles. The number of carboxylic acid groups (broad SMARTS) is 1. The van der Waals surface area contributed by atoms with Gasteiger partial charge in [-0.05, 0) is 60.4 Å². The summed E-state index contributed by atoms with van der Waals surface area (Å²) in [6, 6.07) is 15.3. The molecule has 10 nitrogen and oxygen atoms in total. The van der Waals surface area contributed by atoms with E-state index in [9.17, 15) is 30.0 Å². The first-order valence-electron chi connectivity index (χ1n) is 14.0. The summed E-state index contributed by atoms with van der Waals surface area (Å²) >= 11 is 0. The van der Waals surface area contributed by atoms with Crippen LogP contribution >= 0.6 is 0 Å². The number of aliphatic hydroxyl groups excluding tert-OH is 3. The number of likely N-dealkylation sites (tertiary alicyclic amines) is 1. The number of hydrogen-bond acceptors (Lipinski definition) is 8. The zero-order chi connectivity index (χ0) is 28.0. The van der Waals surface area contributed by atoms with Crippen LogP contribution in [0.3, 0.4) is 0 Å². The summed E-state index contributed by atoms with van der Waals surface area (Å²) in [5.74, 6) is -0.800. The van der Waals surface area contributed by atoms with Crippen LogP contribution < -0.4 is 4.74 Å². The highest BCUT2D eigenvalue weighted by molar-refractivity contribution is 5.73. The molecule has 8 atom stereocenters. The summed E-state index contributed by atoms with van der Waals surface area (Å²) in [6.07, 6.45) is -2.95. The number of rotatable bonds is 5. The molecular formula is C30H35NO9. The van der Waals surface area contributed by atoms with Gasteiger partial charge in [0.05, 0.1) is 0 Å². The fourth-order valence-electron chi connectivity index (χ4n) is 7.37. The molecule has 1 amide bonds. The molecule has 1 saturated carbocycles. The Hall–Kier alpha value is -3.18. The van der Waals surface area contributed by atoms with E-state index in [1.165, 1.54) is 0 Å². The van der Waals surface area contributed by atoms with E-state index >= 15 is 0 Å². The number of aliphatic carboxylic acids is 1. The van der Waals surface area contributed by atoms with E-state index < -0.39 is 36.7 Å². The number of fused-ring (bicyclic) bond motifs is 1. The van der Waals surface area contributed by atoms with Crippen LogP contribution in [-0.4, -0.2) is 80.7 Å². The van der Waals surface area contributed by atoms with Crippen molar-refractivity contribution in [3.8, 4) is 5.75 Å². The number of piperidine rings is 1. The third kappa shape index (κ3) is 4.62. The number of carboxylic acids is 1. The minimum Gasteiger partial charge on any atom is -0.479 e. The average Bonchev–Trinajstić information content (AvgIpc) is 2.97. The maximum atomic E-state index is 13.3. The van der Waals surface area contributed by atoms with Gasteiger partial charge in [0, 0.05) is 18.0 Å². The lowest BCUT2D eigenvalue weighted by molar-refractivity contribution is -0.271. The fourth-order valence-corrected chi connectivity index (χ4v) is 7.37. The maximum Gasteiger partial charge on any atom is 0.410 e. The van der Waals surface area contributed by atoms with Crippen molar-refractivity contribution in [1.29, 1.82) is 0 Å². The molecule has 4 aliphatic rings. The molecule has 3 fully saturated rings. The average molecular weight is 554 g/mol. The van der Waals surface area contributed by atoms with Crippen molar-refractivity contribution < 1.29 is 44.2 Å². The molecule has 8 unspecified atom stereocenters. The Balaban J connectivity index is 1.24. The number of nitrogens with zero attached hydrogens (tertiary/aromatic N) is 1. The second-order valence-electron chi connectivity index (χ2n) is 11.4. The number of ether oxygens (including phenoxy) is 3. The van der Waals surface area contributed by atoms with Gasteiger partial charge in [-0.15, -0.1) is 0 Å². The number of carbonyl (C=O) groups is 2. The second-order valence-corrected chi connectivity index (χ2v) is 11.4. The third-order valence-electron chi connectivity index (χ3n) is 9.31. The van der Waals surface area contributed by atoms with Crippen molar-refractivity contribution in [2.45, 2.75) is 87.3 Å². The Bertz CT molecular complexity index is 1250. The van der Waals surface area contributed by atoms with Crippen LogP contribution in [0.15, 0.2) is 48.5 Å². The summed E-state index contributed by atoms with van der Waals surface area (Å²) < 4.78 is 17.0. The lowest BCUT2D eigenvalue weighted by Gasteiger charge is -2.58. The predicted molar refractivity (Wildman–Crippen MR) is 140 cm³/mol. The standard InChI is InChI=1S/C30H35NO9/c32-23-24(33)26(27(35)36)40-28(25(23)34)39-19-10-9-18-14-22-20-8-4-5-11-30(20,21(18)15-19)12-13-31(22)29(37)38-16-17-6-2-1-3-7-17/h1-3,6-7,9-10,15,20,22-26,28,32-34H,4-5,8,11-14,16H2,(H,35,36). The Kier molecular flexibility index (Phi) is 7.20. The Morgan fingerprint density at radius 1 is 1.00 bits per heavy atom. The lowest BCUT2D eigenvalue weighted by atomic mass is 9.52. The second kappa shape index (κ2) is 10.7. The summed E-state index contributed by atoms with van der Waals surface area (Å²) in [4.78, 5) is 26.7. The van der Waals surface area contributed by atoms with Gasteiger partial charge in [0.1, 0.15) is 30.7 Å². The number of benzene rings is 2.